The highest BCUT2D eigenvalue weighted by Crippen LogP contribution is 2.38. The Kier molecular flexibility index (Phi) is 16.3. The normalized spacial score (nSPS) is 21.7. The summed E-state index contributed by atoms with van der Waals surface area (Å²) in [6.45, 7) is 11.8. The first-order valence-electron chi connectivity index (χ1n) is 21.9. The van der Waals surface area contributed by atoms with Gasteiger partial charge < -0.3 is 34.8 Å². The molecule has 0 saturated carbocycles. The molecule has 13 nitrogen and oxygen atoms in total. The molecule has 3 aromatic rings. The number of benzene rings is 3. The van der Waals surface area contributed by atoms with Gasteiger partial charge in [0.2, 0.25) is 23.6 Å². The van der Waals surface area contributed by atoms with Gasteiger partial charge in [-0.15, -0.1) is 0 Å². The third-order valence-corrected chi connectivity index (χ3v) is 17.4. The molecule has 0 aromatic heterocycles. The van der Waals surface area contributed by atoms with Crippen LogP contribution in [0.5, 0.6) is 5.75 Å². The fraction of sp³-hybridized carbons (Fsp3) is 0.500. The number of unbranched alkanes of at least 4 members (excludes halogenated alkanes) is 2. The van der Waals surface area contributed by atoms with Crippen molar-refractivity contribution in [2.45, 2.75) is 134 Å². The number of esters is 1. The Labute approximate surface area is 367 Å². The van der Waals surface area contributed by atoms with Crippen LogP contribution in [0.25, 0.3) is 0 Å². The molecule has 2 heterocycles. The summed E-state index contributed by atoms with van der Waals surface area (Å²) in [4.78, 5) is 82.9. The minimum absolute atomic E-state index is 0.00530. The van der Waals surface area contributed by atoms with Gasteiger partial charge >= 0.3 is 5.97 Å². The van der Waals surface area contributed by atoms with Crippen LogP contribution in [-0.4, -0.2) is 98.6 Å². The number of nitrogens with one attached hydrogen (secondary N) is 3. The SMILES string of the molecule is CC[C@]1(C)NC(=O)[C@H](CCCCCC(=O)[C@@H](C)O[Si](c2ccccc2)(c2ccccc2)C(C)(C)C)NC(=O)[C@H]2CCCN2C(=O)[C@H](Cc2ccc(OCC(=O)OC)cc2)NC1=O. The molecule has 5 rings (SSSR count). The summed E-state index contributed by atoms with van der Waals surface area (Å²) in [6.07, 6.45) is 3.01. The van der Waals surface area contributed by atoms with Gasteiger partial charge in [-0.3, -0.25) is 24.0 Å². The molecule has 0 aliphatic carbocycles. The van der Waals surface area contributed by atoms with E-state index in [0.29, 0.717) is 56.4 Å². The van der Waals surface area contributed by atoms with Crippen LogP contribution < -0.4 is 31.1 Å². The predicted octanol–water partition coefficient (Wildman–Crippen LogP) is 4.52. The minimum atomic E-state index is -2.93. The van der Waals surface area contributed by atoms with Crippen molar-refractivity contribution in [3.05, 3.63) is 90.5 Å². The van der Waals surface area contributed by atoms with Crippen LogP contribution in [0, 0.1) is 0 Å². The lowest BCUT2D eigenvalue weighted by atomic mass is 9.94. The zero-order chi connectivity index (χ0) is 45.1. The Morgan fingerprint density at radius 3 is 2.06 bits per heavy atom. The van der Waals surface area contributed by atoms with Crippen LogP contribution in [0.3, 0.4) is 0 Å². The highest BCUT2D eigenvalue weighted by Gasteiger charge is 2.51. The van der Waals surface area contributed by atoms with Gasteiger partial charge in [0.25, 0.3) is 8.32 Å². The molecule has 62 heavy (non-hydrogen) atoms. The molecule has 2 aliphatic heterocycles. The topological polar surface area (TPSA) is 169 Å². The molecule has 4 amide bonds. The molecule has 14 heteroatoms. The Balaban J connectivity index is 1.24. The van der Waals surface area contributed by atoms with Gasteiger partial charge in [0.1, 0.15) is 35.5 Å². The lowest BCUT2D eigenvalue weighted by Gasteiger charge is -2.44. The maximum absolute atomic E-state index is 14.2. The molecule has 5 atom stereocenters. The zero-order valence-corrected chi connectivity index (χ0v) is 38.3. The summed E-state index contributed by atoms with van der Waals surface area (Å²) in [6, 6.07) is 24.4. The van der Waals surface area contributed by atoms with Crippen molar-refractivity contribution in [2.75, 3.05) is 20.3 Å². The smallest absolute Gasteiger partial charge is 0.343 e. The number of ether oxygens (including phenoxy) is 2. The number of ketones is 1. The number of methoxy groups -OCH3 is 1. The largest absolute Gasteiger partial charge is 0.482 e. The number of amides is 4. The lowest BCUT2D eigenvalue weighted by Crippen LogP contribution is -2.68. The second-order valence-electron chi connectivity index (χ2n) is 17.7. The van der Waals surface area contributed by atoms with Gasteiger partial charge in [0.05, 0.1) is 7.11 Å². The Morgan fingerprint density at radius 1 is 0.855 bits per heavy atom. The number of fused-ring (bicyclic) bond motifs is 1. The second-order valence-corrected chi connectivity index (χ2v) is 21.9. The van der Waals surface area contributed by atoms with Gasteiger partial charge in [0, 0.05) is 19.4 Å². The van der Waals surface area contributed by atoms with Gasteiger partial charge in [0.15, 0.2) is 12.4 Å². The molecule has 0 bridgehead atoms. The standard InChI is InChI=1S/C48H64N4O9Si/c1-8-48(6)46(58)50-39(31-34-26-28-35(29-27-34)60-32-42(54)59-7)45(57)52-30-18-24-40(52)44(56)49-38(43(55)51-48)23-16-11-17-25-41(53)33(2)61-62(47(3,4)5,36-19-12-9-13-20-36)37-21-14-10-15-22-37/h9-10,12-15,19-22,26-29,33,38-40H,8,11,16-18,23-25,30-32H2,1-7H3,(H,49,56)(H,50,58)(H,51,55)/t33-,38+,39+,40-,48+/m1/s1. The van der Waals surface area contributed by atoms with E-state index in [1.807, 2.05) is 43.3 Å². The second kappa shape index (κ2) is 21.2. The van der Waals surface area contributed by atoms with E-state index in [9.17, 15) is 28.8 Å². The van der Waals surface area contributed by atoms with E-state index >= 15 is 0 Å². The minimum Gasteiger partial charge on any atom is -0.482 e. The molecule has 2 aliphatic rings. The summed E-state index contributed by atoms with van der Waals surface area (Å²) in [7, 11) is -1.66. The molecule has 0 spiro atoms. The van der Waals surface area contributed by atoms with Crippen molar-refractivity contribution >= 4 is 54.1 Å². The predicted molar refractivity (Wildman–Crippen MR) is 239 cm³/mol. The van der Waals surface area contributed by atoms with Crippen LogP contribution in [0.2, 0.25) is 5.04 Å². The number of Topliss-reactive ketones (excluding diaryl/α,β-unsaturated/α-hetero) is 1. The van der Waals surface area contributed by atoms with Crippen molar-refractivity contribution in [3.8, 4) is 5.75 Å². The van der Waals surface area contributed by atoms with E-state index in [2.05, 4.69) is 65.7 Å². The third-order valence-electron chi connectivity index (χ3n) is 12.3. The van der Waals surface area contributed by atoms with Crippen molar-refractivity contribution < 1.29 is 42.7 Å². The van der Waals surface area contributed by atoms with Crippen LogP contribution >= 0.6 is 0 Å². The average Bonchev–Trinajstić information content (AvgIpc) is 3.77. The summed E-state index contributed by atoms with van der Waals surface area (Å²) < 4.78 is 17.1. The van der Waals surface area contributed by atoms with Crippen LogP contribution in [-0.2, 0) is 44.4 Å². The third kappa shape index (κ3) is 11.4. The summed E-state index contributed by atoms with van der Waals surface area (Å²) in [5, 5.41) is 10.7. The van der Waals surface area contributed by atoms with Crippen molar-refractivity contribution in [1.82, 2.24) is 20.9 Å². The average molecular weight is 869 g/mol. The molecule has 3 N–H and O–H groups in total. The highest BCUT2D eigenvalue weighted by atomic mass is 28.4. The van der Waals surface area contributed by atoms with Crippen molar-refractivity contribution in [1.29, 1.82) is 0 Å². The number of nitrogens with zero attached hydrogens (tertiary/aromatic N) is 1. The van der Waals surface area contributed by atoms with E-state index in [1.165, 1.54) is 12.0 Å². The van der Waals surface area contributed by atoms with Crippen molar-refractivity contribution in [3.63, 3.8) is 0 Å². The molecular weight excluding hydrogens is 805 g/mol. The number of carbonyl (C=O) groups excluding carboxylic acids is 6. The highest BCUT2D eigenvalue weighted by molar-refractivity contribution is 6.99. The Bertz CT molecular complexity index is 1990. The van der Waals surface area contributed by atoms with Crippen LogP contribution in [0.1, 0.15) is 98.5 Å². The van der Waals surface area contributed by atoms with E-state index < -0.39 is 61.8 Å². The molecule has 2 saturated heterocycles. The Hall–Kier alpha value is -5.34. The van der Waals surface area contributed by atoms with E-state index in [1.54, 1.807) is 38.1 Å². The first-order valence-corrected chi connectivity index (χ1v) is 23.8. The summed E-state index contributed by atoms with van der Waals surface area (Å²) in [5.41, 5.74) is -0.673. The van der Waals surface area contributed by atoms with Gasteiger partial charge in [-0.2, -0.15) is 0 Å². The van der Waals surface area contributed by atoms with Crippen LogP contribution in [0.15, 0.2) is 84.9 Å². The zero-order valence-electron chi connectivity index (χ0n) is 37.3. The van der Waals surface area contributed by atoms with E-state index in [-0.39, 0.29) is 42.6 Å². The molecular formula is C48H64N4O9Si. The number of hydrogen-bond acceptors (Lipinski definition) is 9. The summed E-state index contributed by atoms with van der Waals surface area (Å²) >= 11 is 0. The molecule has 334 valence electrons. The monoisotopic (exact) mass is 868 g/mol. The van der Waals surface area contributed by atoms with Gasteiger partial charge in [-0.05, 0) is 79.1 Å². The maximum atomic E-state index is 14.2. The van der Waals surface area contributed by atoms with E-state index in [4.69, 9.17) is 9.16 Å². The number of rotatable bonds is 17. The van der Waals surface area contributed by atoms with Gasteiger partial charge in [-0.1, -0.05) is 113 Å². The number of carbonyl (C=O) groups is 6. The first kappa shape index (κ1) is 47.7. The maximum Gasteiger partial charge on any atom is 0.343 e. The first-order chi connectivity index (χ1) is 29.5. The molecule has 0 radical (unpaired) electrons. The fourth-order valence-corrected chi connectivity index (χ4v) is 13.1. The van der Waals surface area contributed by atoms with E-state index in [0.717, 1.165) is 10.4 Å². The number of hydrogen-bond donors (Lipinski definition) is 3. The molecule has 3 aromatic carbocycles. The fourth-order valence-electron chi connectivity index (χ4n) is 8.43. The lowest BCUT2D eigenvalue weighted by molar-refractivity contribution is -0.144. The van der Waals surface area contributed by atoms with Crippen LogP contribution in [0.4, 0.5) is 0 Å². The van der Waals surface area contributed by atoms with Crippen molar-refractivity contribution in [2.24, 2.45) is 0 Å². The van der Waals surface area contributed by atoms with Gasteiger partial charge in [-0.25, -0.2) is 4.79 Å². The Morgan fingerprint density at radius 2 is 1.48 bits per heavy atom. The molecule has 2 fully saturated rings. The molecule has 0 unspecified atom stereocenters. The quantitative estimate of drug-likeness (QED) is 0.100. The summed E-state index contributed by atoms with van der Waals surface area (Å²) in [5.74, 6) is -1.90.